The van der Waals surface area contributed by atoms with Gasteiger partial charge >= 0.3 is 6.03 Å². The Balaban J connectivity index is 1.89. The van der Waals surface area contributed by atoms with Crippen molar-refractivity contribution in [3.63, 3.8) is 0 Å². The highest BCUT2D eigenvalue weighted by Gasteiger charge is 2.45. The summed E-state index contributed by atoms with van der Waals surface area (Å²) in [6.45, 7) is 1.78. The van der Waals surface area contributed by atoms with Gasteiger partial charge in [-0.1, -0.05) is 12.1 Å². The molecule has 1 atom stereocenters. The molecule has 1 saturated heterocycles. The van der Waals surface area contributed by atoms with Crippen LogP contribution < -0.4 is 10.1 Å². The number of hydrogen-bond acceptors (Lipinski definition) is 3. The van der Waals surface area contributed by atoms with Crippen molar-refractivity contribution in [3.05, 3.63) is 29.8 Å². The highest BCUT2D eigenvalue weighted by atomic mass is 16.5. The van der Waals surface area contributed by atoms with Crippen LogP contribution in [-0.4, -0.2) is 36.5 Å². The molecule has 1 fully saturated rings. The normalized spacial score (nSPS) is 22.1. The molecule has 0 aliphatic carbocycles. The van der Waals surface area contributed by atoms with Crippen molar-refractivity contribution < 1.29 is 14.3 Å². The van der Waals surface area contributed by atoms with Crippen LogP contribution in [0, 0.1) is 0 Å². The Morgan fingerprint density at radius 3 is 2.40 bits per heavy atom. The highest BCUT2D eigenvalue weighted by molar-refractivity contribution is 6.06. The first-order valence-electron chi connectivity index (χ1n) is 6.69. The van der Waals surface area contributed by atoms with Crippen LogP contribution in [0.1, 0.15) is 25.3 Å². The first-order chi connectivity index (χ1) is 9.46. The average molecular weight is 276 g/mol. The number of hydrogen-bond donors (Lipinski definition) is 1. The molecule has 1 unspecified atom stereocenters. The van der Waals surface area contributed by atoms with Gasteiger partial charge in [0.15, 0.2) is 0 Å². The maximum atomic E-state index is 12.0. The summed E-state index contributed by atoms with van der Waals surface area (Å²) in [5, 5.41) is 2.75. The van der Waals surface area contributed by atoms with Crippen LogP contribution in [0.4, 0.5) is 4.79 Å². The van der Waals surface area contributed by atoms with Crippen molar-refractivity contribution in [2.24, 2.45) is 0 Å². The number of nitrogens with one attached hydrogen (secondary N) is 1. The van der Waals surface area contributed by atoms with Crippen molar-refractivity contribution in [2.45, 2.75) is 31.7 Å². The van der Waals surface area contributed by atoms with Crippen LogP contribution in [0.25, 0.3) is 0 Å². The number of benzene rings is 1. The minimum absolute atomic E-state index is 0.155. The van der Waals surface area contributed by atoms with E-state index in [0.29, 0.717) is 6.42 Å². The van der Waals surface area contributed by atoms with E-state index in [0.717, 1.165) is 23.5 Å². The summed E-state index contributed by atoms with van der Waals surface area (Å²) in [7, 11) is 3.15. The lowest BCUT2D eigenvalue weighted by molar-refractivity contribution is -0.130. The Bertz CT molecular complexity index is 512. The number of nitrogens with zero attached hydrogens (tertiary/aromatic N) is 1. The third-order valence-corrected chi connectivity index (χ3v) is 3.77. The number of likely N-dealkylation sites (N-methyl/N-ethyl adjacent to an activating group) is 1. The van der Waals surface area contributed by atoms with E-state index in [2.05, 4.69) is 5.32 Å². The molecular weight excluding hydrogens is 256 g/mol. The summed E-state index contributed by atoms with van der Waals surface area (Å²) >= 11 is 0. The lowest BCUT2D eigenvalue weighted by atomic mass is 9.93. The van der Waals surface area contributed by atoms with Gasteiger partial charge in [0.25, 0.3) is 5.91 Å². The average Bonchev–Trinajstić information content (AvgIpc) is 2.64. The molecule has 3 amide bonds. The molecule has 0 radical (unpaired) electrons. The second-order valence-corrected chi connectivity index (χ2v) is 5.33. The smallest absolute Gasteiger partial charge is 0.324 e. The number of aryl methyl sites for hydroxylation is 1. The van der Waals surface area contributed by atoms with E-state index in [9.17, 15) is 9.59 Å². The minimum atomic E-state index is -0.766. The zero-order valence-electron chi connectivity index (χ0n) is 12.1. The SMILES string of the molecule is COc1ccc(CCCC2(C)NC(=O)N(C)C2=O)cc1. The van der Waals surface area contributed by atoms with Crippen molar-refractivity contribution >= 4 is 11.9 Å². The molecule has 1 aliphatic rings. The molecule has 108 valence electrons. The standard InChI is InChI=1S/C15H20N2O3/c1-15(13(18)17(2)14(19)16-15)10-4-5-11-6-8-12(20-3)9-7-11/h6-9H,4-5,10H2,1-3H3,(H,16,19). The zero-order chi connectivity index (χ0) is 14.8. The second kappa shape index (κ2) is 5.53. The van der Waals surface area contributed by atoms with E-state index in [1.165, 1.54) is 12.6 Å². The highest BCUT2D eigenvalue weighted by Crippen LogP contribution is 2.23. The number of amides is 3. The van der Waals surface area contributed by atoms with E-state index in [1.807, 2.05) is 24.3 Å². The van der Waals surface area contributed by atoms with Gasteiger partial charge in [0.05, 0.1) is 7.11 Å². The van der Waals surface area contributed by atoms with Crippen molar-refractivity contribution in [1.82, 2.24) is 10.2 Å². The summed E-state index contributed by atoms with van der Waals surface area (Å²) in [5.74, 6) is 0.679. The van der Waals surface area contributed by atoms with Crippen LogP contribution in [0.5, 0.6) is 5.75 Å². The summed E-state index contributed by atoms with van der Waals surface area (Å²) in [6, 6.07) is 7.56. The summed E-state index contributed by atoms with van der Waals surface area (Å²) in [6.07, 6.45) is 2.34. The van der Waals surface area contributed by atoms with Crippen LogP contribution in [-0.2, 0) is 11.2 Å². The number of carbonyl (C=O) groups excluding carboxylic acids is 2. The summed E-state index contributed by atoms with van der Waals surface area (Å²) < 4.78 is 5.11. The van der Waals surface area contributed by atoms with Crippen molar-refractivity contribution in [1.29, 1.82) is 0 Å². The third kappa shape index (κ3) is 2.76. The predicted octanol–water partition coefficient (Wildman–Crippen LogP) is 1.96. The first kappa shape index (κ1) is 14.4. The van der Waals surface area contributed by atoms with Crippen molar-refractivity contribution in [3.8, 4) is 5.75 Å². The van der Waals surface area contributed by atoms with E-state index in [4.69, 9.17) is 4.74 Å². The molecule has 1 N–H and O–H groups in total. The molecule has 0 spiro atoms. The Kier molecular flexibility index (Phi) is 3.97. The first-order valence-corrected chi connectivity index (χ1v) is 6.69. The molecule has 5 heteroatoms. The molecule has 20 heavy (non-hydrogen) atoms. The Morgan fingerprint density at radius 2 is 1.90 bits per heavy atom. The predicted molar refractivity (Wildman–Crippen MR) is 75.6 cm³/mol. The molecule has 1 aromatic carbocycles. The van der Waals surface area contributed by atoms with E-state index in [1.54, 1.807) is 14.0 Å². The van der Waals surface area contributed by atoms with Crippen LogP contribution in [0.2, 0.25) is 0 Å². The van der Waals surface area contributed by atoms with Gasteiger partial charge in [0, 0.05) is 7.05 Å². The molecular formula is C15H20N2O3. The van der Waals surface area contributed by atoms with Gasteiger partial charge in [-0.3, -0.25) is 9.69 Å². The van der Waals surface area contributed by atoms with Crippen molar-refractivity contribution in [2.75, 3.05) is 14.2 Å². The lowest BCUT2D eigenvalue weighted by Crippen LogP contribution is -2.43. The number of ether oxygens (including phenoxy) is 1. The Hall–Kier alpha value is -2.04. The topological polar surface area (TPSA) is 58.6 Å². The molecule has 1 aliphatic heterocycles. The van der Waals surface area contributed by atoms with Crippen LogP contribution >= 0.6 is 0 Å². The fourth-order valence-electron chi connectivity index (χ4n) is 2.44. The lowest BCUT2D eigenvalue weighted by Gasteiger charge is -2.20. The van der Waals surface area contributed by atoms with E-state index >= 15 is 0 Å². The second-order valence-electron chi connectivity index (χ2n) is 5.33. The molecule has 0 aromatic heterocycles. The van der Waals surface area contributed by atoms with Gasteiger partial charge in [-0.05, 0) is 43.9 Å². The minimum Gasteiger partial charge on any atom is -0.497 e. The van der Waals surface area contributed by atoms with Gasteiger partial charge in [0.1, 0.15) is 11.3 Å². The number of rotatable bonds is 5. The maximum Gasteiger partial charge on any atom is 0.324 e. The Labute approximate surface area is 118 Å². The fourth-order valence-corrected chi connectivity index (χ4v) is 2.44. The Morgan fingerprint density at radius 1 is 1.25 bits per heavy atom. The van der Waals surface area contributed by atoms with E-state index in [-0.39, 0.29) is 11.9 Å². The third-order valence-electron chi connectivity index (χ3n) is 3.77. The molecule has 1 aromatic rings. The number of carbonyl (C=O) groups is 2. The molecule has 1 heterocycles. The van der Waals surface area contributed by atoms with Gasteiger partial charge in [-0.25, -0.2) is 4.79 Å². The quantitative estimate of drug-likeness (QED) is 0.836. The van der Waals surface area contributed by atoms with Gasteiger partial charge in [-0.15, -0.1) is 0 Å². The van der Waals surface area contributed by atoms with E-state index < -0.39 is 5.54 Å². The largest absolute Gasteiger partial charge is 0.497 e. The van der Waals surface area contributed by atoms with Gasteiger partial charge in [-0.2, -0.15) is 0 Å². The van der Waals surface area contributed by atoms with Gasteiger partial charge in [0.2, 0.25) is 0 Å². The molecule has 2 rings (SSSR count). The molecule has 5 nitrogen and oxygen atoms in total. The summed E-state index contributed by atoms with van der Waals surface area (Å²) in [4.78, 5) is 24.6. The fraction of sp³-hybridized carbons (Fsp3) is 0.467. The molecule has 0 saturated carbocycles. The number of methoxy groups -OCH3 is 1. The summed E-state index contributed by atoms with van der Waals surface area (Å²) in [5.41, 5.74) is 0.428. The van der Waals surface area contributed by atoms with Crippen LogP contribution in [0.3, 0.4) is 0 Å². The monoisotopic (exact) mass is 276 g/mol. The zero-order valence-corrected chi connectivity index (χ0v) is 12.1. The van der Waals surface area contributed by atoms with Gasteiger partial charge < -0.3 is 10.1 Å². The van der Waals surface area contributed by atoms with Crippen LogP contribution in [0.15, 0.2) is 24.3 Å². The maximum absolute atomic E-state index is 12.0. The number of imide groups is 1. The molecule has 0 bridgehead atoms. The number of urea groups is 1.